The fourth-order valence-electron chi connectivity index (χ4n) is 4.79. The van der Waals surface area contributed by atoms with Crippen molar-refractivity contribution in [3.8, 4) is 5.75 Å². The van der Waals surface area contributed by atoms with Gasteiger partial charge in [0.2, 0.25) is 0 Å². The number of aryl methyl sites for hydroxylation is 1. The predicted octanol–water partition coefficient (Wildman–Crippen LogP) is 4.30. The Bertz CT molecular complexity index is 1800. The zero-order valence-electron chi connectivity index (χ0n) is 25.8. The van der Waals surface area contributed by atoms with E-state index in [1.54, 1.807) is 45.0 Å². The summed E-state index contributed by atoms with van der Waals surface area (Å²) in [6.07, 6.45) is -5.58. The first kappa shape index (κ1) is 34.5. The van der Waals surface area contributed by atoms with Crippen LogP contribution < -0.4 is 15.7 Å². The summed E-state index contributed by atoms with van der Waals surface area (Å²) in [5.74, 6) is -2.51. The number of carboxylic acid groups (broad SMARTS) is 1. The molecule has 16 heteroatoms. The van der Waals surface area contributed by atoms with Crippen LogP contribution in [0.15, 0.2) is 59.4 Å². The Labute approximate surface area is 266 Å². The predicted molar refractivity (Wildman–Crippen MR) is 162 cm³/mol. The van der Waals surface area contributed by atoms with E-state index < -0.39 is 41.5 Å². The number of H-pyrrole nitrogens is 2. The van der Waals surface area contributed by atoms with E-state index in [4.69, 9.17) is 19.4 Å². The lowest BCUT2D eigenvalue weighted by atomic mass is 10.0. The SMILES string of the molecule is Cc1cc(COc2ccc(C(=O)NC3CN(C(=O)OC(C)(C)C)CC3c3n[nH]c(=O)[nH]3)cc2)c2ccccc2n1.O=C(O)C(F)(F)F. The monoisotopic (exact) mass is 658 g/mol. The maximum absolute atomic E-state index is 13.2. The number of nitrogens with one attached hydrogen (secondary N) is 3. The van der Waals surface area contributed by atoms with Gasteiger partial charge >= 0.3 is 23.9 Å². The molecule has 2 aromatic heterocycles. The highest BCUT2D eigenvalue weighted by Crippen LogP contribution is 2.27. The van der Waals surface area contributed by atoms with E-state index in [-0.39, 0.29) is 19.0 Å². The molecule has 250 valence electrons. The average molecular weight is 659 g/mol. The first-order chi connectivity index (χ1) is 22.0. The number of rotatable bonds is 6. The van der Waals surface area contributed by atoms with Crippen LogP contribution in [0.25, 0.3) is 10.9 Å². The van der Waals surface area contributed by atoms with E-state index in [2.05, 4.69) is 25.5 Å². The van der Waals surface area contributed by atoms with Gasteiger partial charge in [0.25, 0.3) is 5.91 Å². The van der Waals surface area contributed by atoms with Gasteiger partial charge in [0.15, 0.2) is 0 Å². The molecule has 0 spiro atoms. The number of amides is 2. The lowest BCUT2D eigenvalue weighted by Crippen LogP contribution is -2.41. The second kappa shape index (κ2) is 13.9. The third-order valence-electron chi connectivity index (χ3n) is 6.84. The number of benzene rings is 2. The highest BCUT2D eigenvalue weighted by Gasteiger charge is 2.41. The van der Waals surface area contributed by atoms with Crippen molar-refractivity contribution in [1.82, 2.24) is 30.4 Å². The summed E-state index contributed by atoms with van der Waals surface area (Å²) in [6.45, 7) is 8.12. The van der Waals surface area contributed by atoms with E-state index in [0.29, 0.717) is 23.7 Å². The minimum Gasteiger partial charge on any atom is -0.489 e. The summed E-state index contributed by atoms with van der Waals surface area (Å²) in [5, 5.41) is 17.5. The molecule has 1 aliphatic heterocycles. The number of carbonyl (C=O) groups is 3. The van der Waals surface area contributed by atoms with Crippen LogP contribution in [0, 0.1) is 6.92 Å². The Morgan fingerprint density at radius 3 is 2.32 bits per heavy atom. The fraction of sp³-hybridized carbons (Fsp3) is 0.355. The van der Waals surface area contributed by atoms with Gasteiger partial charge in [0.05, 0.1) is 17.5 Å². The molecule has 1 saturated heterocycles. The molecule has 2 unspecified atom stereocenters. The Morgan fingerprint density at radius 1 is 1.06 bits per heavy atom. The maximum atomic E-state index is 13.2. The summed E-state index contributed by atoms with van der Waals surface area (Å²) in [7, 11) is 0. The van der Waals surface area contributed by atoms with Crippen molar-refractivity contribution in [2.24, 2.45) is 0 Å². The van der Waals surface area contributed by atoms with Gasteiger partial charge in [-0.15, -0.1) is 0 Å². The van der Waals surface area contributed by atoms with Crippen LogP contribution in [0.1, 0.15) is 54.1 Å². The van der Waals surface area contributed by atoms with Gasteiger partial charge in [0, 0.05) is 35.3 Å². The topological polar surface area (TPSA) is 180 Å². The first-order valence-corrected chi connectivity index (χ1v) is 14.3. The summed E-state index contributed by atoms with van der Waals surface area (Å²) in [4.78, 5) is 55.2. The van der Waals surface area contributed by atoms with Crippen LogP contribution in [0.2, 0.25) is 0 Å². The van der Waals surface area contributed by atoms with E-state index in [0.717, 1.165) is 22.2 Å². The normalized spacial score (nSPS) is 16.3. The molecule has 3 heterocycles. The zero-order chi connectivity index (χ0) is 34.5. The van der Waals surface area contributed by atoms with Crippen LogP contribution in [0.3, 0.4) is 0 Å². The first-order valence-electron chi connectivity index (χ1n) is 14.3. The Hall–Kier alpha value is -5.41. The van der Waals surface area contributed by atoms with Crippen LogP contribution in [0.5, 0.6) is 5.75 Å². The van der Waals surface area contributed by atoms with Gasteiger partial charge < -0.3 is 24.8 Å². The number of ether oxygens (including phenoxy) is 2. The van der Waals surface area contributed by atoms with Crippen molar-refractivity contribution < 1.29 is 42.1 Å². The van der Waals surface area contributed by atoms with Gasteiger partial charge in [-0.1, -0.05) is 18.2 Å². The molecule has 2 aromatic carbocycles. The van der Waals surface area contributed by atoms with Crippen LogP contribution in [-0.2, 0) is 16.1 Å². The molecule has 2 amide bonds. The molecule has 0 radical (unpaired) electrons. The minimum absolute atomic E-state index is 0.209. The van der Waals surface area contributed by atoms with Crippen molar-refractivity contribution in [2.45, 2.75) is 58.0 Å². The number of aliphatic carboxylic acids is 1. The standard InChI is InChI=1S/C29H32N6O5.C2HF3O2/c1-17-13-19(21-7-5-6-8-23(21)30-17)16-39-20-11-9-18(10-12-20)26(36)31-24-15-35(28(38)40-29(2,3)4)14-22(24)25-32-27(37)34-33-25;3-2(4,5)1(6)7/h5-13,22,24H,14-16H2,1-4H3,(H,31,36)(H2,32,33,34,37);(H,6,7). The van der Waals surface area contributed by atoms with E-state index in [1.807, 2.05) is 37.3 Å². The number of aromatic nitrogens is 4. The van der Waals surface area contributed by atoms with E-state index >= 15 is 0 Å². The number of halogens is 3. The molecule has 4 aromatic rings. The largest absolute Gasteiger partial charge is 0.490 e. The van der Waals surface area contributed by atoms with Gasteiger partial charge in [-0.05, 0) is 64.1 Å². The molecule has 0 saturated carbocycles. The van der Waals surface area contributed by atoms with E-state index in [9.17, 15) is 27.6 Å². The van der Waals surface area contributed by atoms with Crippen LogP contribution in [0.4, 0.5) is 18.0 Å². The van der Waals surface area contributed by atoms with Gasteiger partial charge in [-0.2, -0.15) is 18.3 Å². The lowest BCUT2D eigenvalue weighted by Gasteiger charge is -2.24. The molecule has 4 N–H and O–H groups in total. The second-order valence-corrected chi connectivity index (χ2v) is 11.7. The molecule has 2 atom stereocenters. The second-order valence-electron chi connectivity index (χ2n) is 11.7. The molecule has 0 aliphatic carbocycles. The van der Waals surface area contributed by atoms with Crippen molar-refractivity contribution in [3.05, 3.63) is 87.7 Å². The number of hydrogen-bond donors (Lipinski definition) is 4. The summed E-state index contributed by atoms with van der Waals surface area (Å²) in [5.41, 5.74) is 2.18. The molecule has 1 aliphatic rings. The van der Waals surface area contributed by atoms with Crippen molar-refractivity contribution in [1.29, 1.82) is 0 Å². The van der Waals surface area contributed by atoms with Crippen LogP contribution >= 0.6 is 0 Å². The summed E-state index contributed by atoms with van der Waals surface area (Å²) < 4.78 is 43.3. The number of fused-ring (bicyclic) bond motifs is 1. The quantitative estimate of drug-likeness (QED) is 0.235. The third kappa shape index (κ3) is 9.31. The number of carbonyl (C=O) groups excluding carboxylic acids is 2. The van der Waals surface area contributed by atoms with Crippen LogP contribution in [-0.4, -0.2) is 79.1 Å². The molecular formula is C31H33F3N6O7. The maximum Gasteiger partial charge on any atom is 0.490 e. The Balaban J connectivity index is 0.000000644. The highest BCUT2D eigenvalue weighted by molar-refractivity contribution is 5.94. The fourth-order valence-corrected chi connectivity index (χ4v) is 4.79. The molecule has 1 fully saturated rings. The van der Waals surface area contributed by atoms with E-state index in [1.165, 1.54) is 4.90 Å². The smallest absolute Gasteiger partial charge is 0.489 e. The van der Waals surface area contributed by atoms with Gasteiger partial charge in [-0.25, -0.2) is 19.5 Å². The average Bonchev–Trinajstić information content (AvgIpc) is 3.61. The molecule has 47 heavy (non-hydrogen) atoms. The number of alkyl halides is 3. The molecule has 5 rings (SSSR count). The lowest BCUT2D eigenvalue weighted by molar-refractivity contribution is -0.192. The number of aromatic amines is 2. The zero-order valence-corrected chi connectivity index (χ0v) is 25.8. The summed E-state index contributed by atoms with van der Waals surface area (Å²) in [6, 6.07) is 16.3. The number of nitrogens with zero attached hydrogens (tertiary/aromatic N) is 3. The van der Waals surface area contributed by atoms with Crippen molar-refractivity contribution in [2.75, 3.05) is 13.1 Å². The Morgan fingerprint density at radius 2 is 1.72 bits per heavy atom. The molecular weight excluding hydrogens is 625 g/mol. The molecule has 13 nitrogen and oxygen atoms in total. The number of para-hydroxylation sites is 1. The van der Waals surface area contributed by atoms with Crippen molar-refractivity contribution >= 4 is 28.9 Å². The highest BCUT2D eigenvalue weighted by atomic mass is 19.4. The van der Waals surface area contributed by atoms with Gasteiger partial charge in [0.1, 0.15) is 23.8 Å². The number of likely N-dealkylation sites (tertiary alicyclic amines) is 1. The van der Waals surface area contributed by atoms with Crippen molar-refractivity contribution in [3.63, 3.8) is 0 Å². The molecule has 0 bridgehead atoms. The number of pyridine rings is 1. The van der Waals surface area contributed by atoms with Gasteiger partial charge in [-0.3, -0.25) is 14.8 Å². The minimum atomic E-state index is -5.08. The third-order valence-corrected chi connectivity index (χ3v) is 6.84. The summed E-state index contributed by atoms with van der Waals surface area (Å²) >= 11 is 0. The Kier molecular flexibility index (Phi) is 10.2. The number of carboxylic acids is 1. The number of hydrogen-bond acceptors (Lipinski definition) is 8.